The fraction of sp³-hybridized carbons (Fsp3) is 0.391. The van der Waals surface area contributed by atoms with Crippen LogP contribution in [0, 0.1) is 10.8 Å². The molecule has 11 rings (SSSR count). The van der Waals surface area contributed by atoms with E-state index in [1.165, 1.54) is 5.39 Å². The van der Waals surface area contributed by atoms with Crippen LogP contribution in [0.4, 0.5) is 0 Å². The van der Waals surface area contributed by atoms with E-state index in [4.69, 9.17) is 14.2 Å². The summed E-state index contributed by atoms with van der Waals surface area (Å²) in [7, 11) is 2.08. The molecule has 302 valence electrons. The van der Waals surface area contributed by atoms with Crippen molar-refractivity contribution in [3.8, 4) is 22.8 Å². The first-order valence-electron chi connectivity index (χ1n) is 20.6. The van der Waals surface area contributed by atoms with Crippen LogP contribution in [0.15, 0.2) is 85.5 Å². The van der Waals surface area contributed by atoms with E-state index in [1.54, 1.807) is 18.2 Å². The highest BCUT2D eigenvalue weighted by atomic mass is 16.5. The summed E-state index contributed by atoms with van der Waals surface area (Å²) in [4.78, 5) is 63.8. The van der Waals surface area contributed by atoms with Crippen LogP contribution in [0.2, 0.25) is 0 Å². The van der Waals surface area contributed by atoms with Crippen molar-refractivity contribution in [1.82, 2.24) is 29.7 Å². The Bertz CT molecular complexity index is 2540. The third-order valence-corrected chi connectivity index (χ3v) is 13.0. The third kappa shape index (κ3) is 6.42. The number of ether oxygens (including phenoxy) is 3. The molecule has 5 fully saturated rings. The first kappa shape index (κ1) is 37.2. The van der Waals surface area contributed by atoms with E-state index >= 15 is 0 Å². The van der Waals surface area contributed by atoms with Crippen LogP contribution in [-0.4, -0.2) is 93.0 Å². The number of likely N-dealkylation sites (tertiary alicyclic amines) is 1. The van der Waals surface area contributed by atoms with E-state index < -0.39 is 17.9 Å². The number of nitrogens with one attached hydrogen (secondary N) is 1. The summed E-state index contributed by atoms with van der Waals surface area (Å²) in [5, 5.41) is 4.97. The van der Waals surface area contributed by atoms with Crippen molar-refractivity contribution in [3.05, 3.63) is 96.6 Å². The Hall–Kier alpha value is -6.08. The zero-order chi connectivity index (χ0) is 40.5. The number of aryl methyl sites for hydroxylation is 1. The molecule has 0 radical (unpaired) electrons. The van der Waals surface area contributed by atoms with Gasteiger partial charge in [-0.3, -0.25) is 29.1 Å². The van der Waals surface area contributed by atoms with Crippen molar-refractivity contribution >= 4 is 45.4 Å². The van der Waals surface area contributed by atoms with Gasteiger partial charge >= 0.3 is 0 Å². The number of unbranched alkanes of at least 4 members (excludes halogenated alkanes) is 2. The molecule has 1 unspecified atom stereocenters. The summed E-state index contributed by atoms with van der Waals surface area (Å²) in [6.07, 6.45) is 11.7. The fourth-order valence-corrected chi connectivity index (χ4v) is 10.00. The summed E-state index contributed by atoms with van der Waals surface area (Å²) in [6.45, 7) is 6.77. The molecule has 2 saturated heterocycles. The largest absolute Gasteiger partial charge is 0.494 e. The molecule has 2 aromatic carbocycles. The predicted octanol–water partition coefficient (Wildman–Crippen LogP) is 6.20. The molecule has 3 aliphatic heterocycles. The molecule has 13 heteroatoms. The average molecular weight is 795 g/mol. The number of fused-ring (bicyclic) bond motifs is 4. The highest BCUT2D eigenvalue weighted by Crippen LogP contribution is 2.74. The van der Waals surface area contributed by atoms with Gasteiger partial charge in [0.25, 0.3) is 11.8 Å². The van der Waals surface area contributed by atoms with Crippen molar-refractivity contribution in [1.29, 1.82) is 0 Å². The van der Waals surface area contributed by atoms with Crippen molar-refractivity contribution < 1.29 is 33.4 Å². The number of rotatable bonds is 14. The maximum atomic E-state index is 13.4. The normalized spacial score (nSPS) is 23.5. The Balaban J connectivity index is 0.609. The first-order valence-corrected chi connectivity index (χ1v) is 20.6. The Morgan fingerprint density at radius 1 is 0.881 bits per heavy atom. The summed E-state index contributed by atoms with van der Waals surface area (Å²) in [5.74, 6) is 0.0277. The lowest BCUT2D eigenvalue weighted by Gasteiger charge is -2.70. The molecule has 2 bridgehead atoms. The van der Waals surface area contributed by atoms with Gasteiger partial charge < -0.3 is 29.0 Å². The van der Waals surface area contributed by atoms with Crippen LogP contribution in [0.5, 0.6) is 11.6 Å². The molecule has 6 aliphatic rings. The van der Waals surface area contributed by atoms with Crippen LogP contribution in [0.25, 0.3) is 32.9 Å². The zero-order valence-electron chi connectivity index (χ0n) is 33.1. The Morgan fingerprint density at radius 2 is 1.68 bits per heavy atom. The molecular weight excluding hydrogens is 749 g/mol. The number of amides is 4. The number of carbonyl (C=O) groups is 4. The quantitative estimate of drug-likeness (QED) is 0.103. The van der Waals surface area contributed by atoms with Gasteiger partial charge in [-0.15, -0.1) is 0 Å². The maximum absolute atomic E-state index is 13.4. The van der Waals surface area contributed by atoms with Gasteiger partial charge in [-0.25, -0.2) is 4.98 Å². The van der Waals surface area contributed by atoms with Crippen molar-refractivity contribution in [2.75, 3.05) is 32.9 Å². The number of nitrogens with zero attached hydrogens (tertiary/aromatic N) is 5. The predicted molar refractivity (Wildman–Crippen MR) is 219 cm³/mol. The SMILES string of the molecule is C=C1CCC(N2C(=O)c3ccc(OCCCCCOCC45CC(C(=O)N6CC(Oc7ccc(-c8ccc9c%10cnccc%10n(C)c9c8)cn7)C6)(C4)C5)cc3C2=O)C(=O)N1. The lowest BCUT2D eigenvalue weighted by molar-refractivity contribution is -0.238. The van der Waals surface area contributed by atoms with Crippen LogP contribution >= 0.6 is 0 Å². The van der Waals surface area contributed by atoms with E-state index in [2.05, 4.69) is 51.7 Å². The van der Waals surface area contributed by atoms with Gasteiger partial charge in [-0.1, -0.05) is 18.7 Å². The lowest BCUT2D eigenvalue weighted by Crippen LogP contribution is -2.72. The molecule has 1 atom stereocenters. The smallest absolute Gasteiger partial charge is 0.262 e. The number of pyridine rings is 2. The Morgan fingerprint density at radius 3 is 2.47 bits per heavy atom. The summed E-state index contributed by atoms with van der Waals surface area (Å²) >= 11 is 0. The molecule has 3 aliphatic carbocycles. The van der Waals surface area contributed by atoms with Gasteiger partial charge in [0.05, 0.1) is 48.4 Å². The minimum Gasteiger partial charge on any atom is -0.494 e. The van der Waals surface area contributed by atoms with E-state index in [1.807, 2.05) is 41.7 Å². The summed E-state index contributed by atoms with van der Waals surface area (Å²) in [6, 6.07) is 16.5. The summed E-state index contributed by atoms with van der Waals surface area (Å²) < 4.78 is 20.3. The van der Waals surface area contributed by atoms with Gasteiger partial charge in [-0.05, 0) is 98.7 Å². The van der Waals surface area contributed by atoms with Gasteiger partial charge in [-0.2, -0.15) is 0 Å². The molecule has 1 N–H and O–H groups in total. The second kappa shape index (κ2) is 14.3. The molecule has 4 amide bonds. The number of benzene rings is 2. The molecule has 5 aromatic rings. The highest BCUT2D eigenvalue weighted by Gasteiger charge is 2.72. The van der Waals surface area contributed by atoms with E-state index in [9.17, 15) is 19.2 Å². The minimum atomic E-state index is -0.837. The highest BCUT2D eigenvalue weighted by molar-refractivity contribution is 6.23. The number of carbonyl (C=O) groups excluding carboxylic acids is 4. The Labute approximate surface area is 341 Å². The van der Waals surface area contributed by atoms with Crippen LogP contribution in [0.3, 0.4) is 0 Å². The molecule has 6 heterocycles. The third-order valence-electron chi connectivity index (χ3n) is 13.0. The lowest BCUT2D eigenvalue weighted by atomic mass is 9.35. The van der Waals surface area contributed by atoms with Crippen molar-refractivity contribution in [2.45, 2.75) is 63.5 Å². The number of hydrogen-bond acceptors (Lipinski definition) is 9. The number of allylic oxidation sites excluding steroid dienone is 1. The van der Waals surface area contributed by atoms with Crippen molar-refractivity contribution in [2.24, 2.45) is 17.9 Å². The minimum absolute atomic E-state index is 0.0545. The molecule has 3 aromatic heterocycles. The van der Waals surface area contributed by atoms with E-state index in [0.717, 1.165) is 71.0 Å². The number of piperidine rings is 1. The standard InChI is InChI=1S/C46H46N6O7/c1-28-6-12-38(41(53)49-28)52-42(54)34-11-9-31(19-35(34)43(52)55)58-17-5-3-4-16-57-27-45-24-46(25-45,26-45)44(56)51-22-32(23-51)59-40-13-8-30(20-48-40)29-7-10-33-36-21-47-15-14-37(36)50(2)39(33)18-29/h7-11,13-15,18-21,32,38H,1,3-6,12,16-17,22-27H2,2H3,(H,49,53). The molecule has 13 nitrogen and oxygen atoms in total. The van der Waals surface area contributed by atoms with Crippen LogP contribution < -0.4 is 14.8 Å². The van der Waals surface area contributed by atoms with Crippen molar-refractivity contribution in [3.63, 3.8) is 0 Å². The topological polar surface area (TPSA) is 145 Å². The fourth-order valence-electron chi connectivity index (χ4n) is 10.00. The number of imide groups is 1. The monoisotopic (exact) mass is 794 g/mol. The van der Waals surface area contributed by atoms with E-state index in [-0.39, 0.29) is 39.9 Å². The summed E-state index contributed by atoms with van der Waals surface area (Å²) in [5.41, 5.74) is 5.46. The second-order valence-corrected chi connectivity index (χ2v) is 17.1. The molecular formula is C46H46N6O7. The van der Waals surface area contributed by atoms with Gasteiger partial charge in [0, 0.05) is 65.9 Å². The first-order chi connectivity index (χ1) is 28.6. The van der Waals surface area contributed by atoms with Gasteiger partial charge in [0.15, 0.2) is 0 Å². The van der Waals surface area contributed by atoms with Crippen LogP contribution in [-0.2, 0) is 21.4 Å². The molecule has 3 saturated carbocycles. The van der Waals surface area contributed by atoms with E-state index in [0.29, 0.717) is 63.1 Å². The number of aromatic nitrogens is 3. The van der Waals surface area contributed by atoms with Crippen LogP contribution in [0.1, 0.15) is 72.1 Å². The number of hydrogen-bond donors (Lipinski definition) is 1. The van der Waals surface area contributed by atoms with Gasteiger partial charge in [0.1, 0.15) is 17.9 Å². The second-order valence-electron chi connectivity index (χ2n) is 17.1. The Kier molecular flexibility index (Phi) is 9.04. The average Bonchev–Trinajstić information content (AvgIpc) is 3.62. The van der Waals surface area contributed by atoms with Gasteiger partial charge in [0.2, 0.25) is 17.7 Å². The maximum Gasteiger partial charge on any atom is 0.262 e. The zero-order valence-corrected chi connectivity index (χ0v) is 33.1. The molecule has 0 spiro atoms. The molecule has 59 heavy (non-hydrogen) atoms.